The van der Waals surface area contributed by atoms with Crippen molar-refractivity contribution in [1.82, 2.24) is 10.3 Å². The maximum absolute atomic E-state index is 12.9. The monoisotopic (exact) mass is 365 g/mol. The Balaban J connectivity index is 1.45. The summed E-state index contributed by atoms with van der Waals surface area (Å²) in [5.41, 5.74) is 7.59. The lowest BCUT2D eigenvalue weighted by atomic mass is 10.1. The van der Waals surface area contributed by atoms with E-state index in [1.165, 1.54) is 24.4 Å². The van der Waals surface area contributed by atoms with Crippen LogP contribution in [0.3, 0.4) is 0 Å². The Hall–Kier alpha value is -3.25. The fourth-order valence-corrected chi connectivity index (χ4v) is 2.51. The fraction of sp³-hybridized carbons (Fsp3) is 0.143. The maximum Gasteiger partial charge on any atom is 0.267 e. The van der Waals surface area contributed by atoms with Gasteiger partial charge in [0, 0.05) is 6.54 Å². The average Bonchev–Trinajstić information content (AvgIpc) is 2.68. The Morgan fingerprint density at radius 2 is 1.63 bits per heavy atom. The van der Waals surface area contributed by atoms with Crippen LogP contribution >= 0.6 is 0 Å². The van der Waals surface area contributed by atoms with E-state index in [4.69, 9.17) is 10.5 Å². The molecule has 138 valence electrons. The van der Waals surface area contributed by atoms with Gasteiger partial charge >= 0.3 is 0 Å². The third-order valence-electron chi connectivity index (χ3n) is 3.98. The molecule has 0 saturated carbocycles. The topological polar surface area (TPSA) is 77.2 Å². The quantitative estimate of drug-likeness (QED) is 0.600. The first-order chi connectivity index (χ1) is 13.1. The third-order valence-corrected chi connectivity index (χ3v) is 3.98. The lowest BCUT2D eigenvalue weighted by Gasteiger charge is -2.08. The van der Waals surface area contributed by atoms with E-state index in [1.807, 2.05) is 24.3 Å². The van der Waals surface area contributed by atoms with Crippen molar-refractivity contribution >= 4 is 5.91 Å². The molecule has 27 heavy (non-hydrogen) atoms. The largest absolute Gasteiger partial charge is 0.456 e. The summed E-state index contributed by atoms with van der Waals surface area (Å²) in [6.07, 6.45) is 2.31. The zero-order valence-corrected chi connectivity index (χ0v) is 14.7. The highest BCUT2D eigenvalue weighted by molar-refractivity contribution is 5.90. The smallest absolute Gasteiger partial charge is 0.267 e. The zero-order chi connectivity index (χ0) is 19.1. The van der Waals surface area contributed by atoms with Crippen molar-refractivity contribution in [3.05, 3.63) is 89.5 Å². The number of nitrogens with two attached hydrogens (primary N) is 1. The van der Waals surface area contributed by atoms with E-state index in [-0.39, 0.29) is 11.5 Å². The van der Waals surface area contributed by atoms with Crippen LogP contribution in [0.1, 0.15) is 21.6 Å². The van der Waals surface area contributed by atoms with Gasteiger partial charge < -0.3 is 15.8 Å². The van der Waals surface area contributed by atoms with Crippen LogP contribution in [0.4, 0.5) is 4.39 Å². The summed E-state index contributed by atoms with van der Waals surface area (Å²) < 4.78 is 18.6. The Bertz CT molecular complexity index is 879. The summed E-state index contributed by atoms with van der Waals surface area (Å²) >= 11 is 0. The molecule has 1 aromatic heterocycles. The van der Waals surface area contributed by atoms with E-state index in [0.29, 0.717) is 11.5 Å². The molecule has 0 fully saturated rings. The van der Waals surface area contributed by atoms with Gasteiger partial charge in [0.1, 0.15) is 23.0 Å². The van der Waals surface area contributed by atoms with Gasteiger partial charge in [-0.2, -0.15) is 0 Å². The number of nitrogens with one attached hydrogen (secondary N) is 1. The van der Waals surface area contributed by atoms with Crippen molar-refractivity contribution < 1.29 is 13.9 Å². The molecule has 0 bridgehead atoms. The molecule has 0 radical (unpaired) electrons. The summed E-state index contributed by atoms with van der Waals surface area (Å²) in [7, 11) is 0. The number of pyridine rings is 1. The minimum atomic E-state index is -0.571. The molecule has 1 heterocycles. The second kappa shape index (κ2) is 8.91. The SMILES string of the molecule is NC(=O)c1ccc(Oc2ccc(CNCCc3ccc(F)cc3)cc2)cn1. The van der Waals surface area contributed by atoms with E-state index in [1.54, 1.807) is 18.2 Å². The van der Waals surface area contributed by atoms with Crippen LogP contribution in [0.5, 0.6) is 11.5 Å². The zero-order valence-electron chi connectivity index (χ0n) is 14.7. The van der Waals surface area contributed by atoms with Gasteiger partial charge in [-0.1, -0.05) is 24.3 Å². The summed E-state index contributed by atoms with van der Waals surface area (Å²) in [5, 5.41) is 3.36. The molecule has 0 unspecified atom stereocenters. The van der Waals surface area contributed by atoms with Gasteiger partial charge in [-0.05, 0) is 60.5 Å². The van der Waals surface area contributed by atoms with E-state index in [2.05, 4.69) is 10.3 Å². The number of hydrogen-bond acceptors (Lipinski definition) is 4. The standard InChI is InChI=1S/C21H20FN3O2/c22-17-5-1-15(2-6-17)11-12-24-13-16-3-7-18(8-4-16)27-19-9-10-20(21(23)26)25-14-19/h1-10,14,24H,11-13H2,(H2,23,26). The molecule has 3 aromatic rings. The summed E-state index contributed by atoms with van der Waals surface area (Å²) in [6, 6.07) is 17.4. The molecule has 5 nitrogen and oxygen atoms in total. The van der Waals surface area contributed by atoms with Crippen molar-refractivity contribution in [3.8, 4) is 11.5 Å². The Morgan fingerprint density at radius 1 is 0.963 bits per heavy atom. The van der Waals surface area contributed by atoms with Crippen LogP contribution in [0.2, 0.25) is 0 Å². The second-order valence-corrected chi connectivity index (χ2v) is 6.04. The number of halogens is 1. The van der Waals surface area contributed by atoms with Crippen molar-refractivity contribution in [3.63, 3.8) is 0 Å². The number of hydrogen-bond donors (Lipinski definition) is 2. The lowest BCUT2D eigenvalue weighted by Crippen LogP contribution is -2.16. The number of benzene rings is 2. The number of ether oxygens (including phenoxy) is 1. The third kappa shape index (κ3) is 5.62. The number of carbonyl (C=O) groups excluding carboxylic acids is 1. The number of aromatic nitrogens is 1. The molecule has 3 N–H and O–H groups in total. The van der Waals surface area contributed by atoms with Crippen LogP contribution in [0.25, 0.3) is 0 Å². The predicted octanol–water partition coefficient (Wildman–Crippen LogP) is 3.44. The molecule has 0 spiro atoms. The van der Waals surface area contributed by atoms with Crippen LogP contribution in [0, 0.1) is 5.82 Å². The summed E-state index contributed by atoms with van der Waals surface area (Å²) in [6.45, 7) is 1.54. The fourth-order valence-electron chi connectivity index (χ4n) is 2.51. The number of carbonyl (C=O) groups is 1. The molecule has 6 heteroatoms. The van der Waals surface area contributed by atoms with E-state index in [9.17, 15) is 9.18 Å². The molecule has 0 atom stereocenters. The van der Waals surface area contributed by atoms with Crippen LogP contribution < -0.4 is 15.8 Å². The van der Waals surface area contributed by atoms with Crippen molar-refractivity contribution in [2.24, 2.45) is 5.73 Å². The minimum Gasteiger partial charge on any atom is -0.456 e. The number of rotatable bonds is 8. The van der Waals surface area contributed by atoms with E-state index < -0.39 is 5.91 Å². The molecule has 1 amide bonds. The van der Waals surface area contributed by atoms with Gasteiger partial charge in [0.2, 0.25) is 0 Å². The lowest BCUT2D eigenvalue weighted by molar-refractivity contribution is 0.0995. The van der Waals surface area contributed by atoms with E-state index in [0.717, 1.165) is 30.6 Å². The van der Waals surface area contributed by atoms with Crippen molar-refractivity contribution in [2.45, 2.75) is 13.0 Å². The van der Waals surface area contributed by atoms with Gasteiger partial charge in [0.15, 0.2) is 0 Å². The molecule has 0 aliphatic heterocycles. The summed E-state index contributed by atoms with van der Waals surface area (Å²) in [5.74, 6) is 0.426. The van der Waals surface area contributed by atoms with Crippen molar-refractivity contribution in [1.29, 1.82) is 0 Å². The summed E-state index contributed by atoms with van der Waals surface area (Å²) in [4.78, 5) is 14.9. The predicted molar refractivity (Wildman–Crippen MR) is 101 cm³/mol. The van der Waals surface area contributed by atoms with Crippen molar-refractivity contribution in [2.75, 3.05) is 6.54 Å². The molecule has 0 aliphatic carbocycles. The maximum atomic E-state index is 12.9. The molecule has 3 rings (SSSR count). The number of primary amides is 1. The molecular formula is C21H20FN3O2. The average molecular weight is 365 g/mol. The Labute approximate surface area is 157 Å². The normalized spacial score (nSPS) is 10.6. The minimum absolute atomic E-state index is 0.199. The molecule has 2 aromatic carbocycles. The first-order valence-corrected chi connectivity index (χ1v) is 8.58. The van der Waals surface area contributed by atoms with Crippen LogP contribution in [-0.2, 0) is 13.0 Å². The van der Waals surface area contributed by atoms with Gasteiger partial charge in [-0.25, -0.2) is 9.37 Å². The first-order valence-electron chi connectivity index (χ1n) is 8.58. The van der Waals surface area contributed by atoms with Gasteiger partial charge in [-0.3, -0.25) is 4.79 Å². The van der Waals surface area contributed by atoms with Crippen LogP contribution in [0.15, 0.2) is 66.9 Å². The highest BCUT2D eigenvalue weighted by Crippen LogP contribution is 2.21. The Kier molecular flexibility index (Phi) is 6.12. The molecular weight excluding hydrogens is 345 g/mol. The first kappa shape index (κ1) is 18.5. The Morgan fingerprint density at radius 3 is 2.26 bits per heavy atom. The molecule has 0 aliphatic rings. The number of amides is 1. The molecule has 0 saturated heterocycles. The highest BCUT2D eigenvalue weighted by atomic mass is 19.1. The number of nitrogens with zero attached hydrogens (tertiary/aromatic N) is 1. The van der Waals surface area contributed by atoms with Gasteiger partial charge in [-0.15, -0.1) is 0 Å². The van der Waals surface area contributed by atoms with E-state index >= 15 is 0 Å². The van der Waals surface area contributed by atoms with Gasteiger partial charge in [0.25, 0.3) is 5.91 Å². The van der Waals surface area contributed by atoms with Crippen LogP contribution in [-0.4, -0.2) is 17.4 Å². The highest BCUT2D eigenvalue weighted by Gasteiger charge is 2.03. The second-order valence-electron chi connectivity index (χ2n) is 6.04. The van der Waals surface area contributed by atoms with Gasteiger partial charge in [0.05, 0.1) is 6.20 Å².